The van der Waals surface area contributed by atoms with E-state index in [0.717, 1.165) is 25.8 Å². The molecule has 132 valence electrons. The average Bonchev–Trinajstić information content (AvgIpc) is 2.93. The number of nitrogens with zero attached hydrogens (tertiary/aromatic N) is 2. The van der Waals surface area contributed by atoms with Gasteiger partial charge in [0.1, 0.15) is 5.82 Å². The Morgan fingerprint density at radius 3 is 2.19 bits per heavy atom. The number of aromatic nitrogens is 2. The summed E-state index contributed by atoms with van der Waals surface area (Å²) in [7, 11) is 0. The molecule has 0 radical (unpaired) electrons. The monoisotopic (exact) mass is 473 g/mol. The van der Waals surface area contributed by atoms with Gasteiger partial charge >= 0.3 is 0 Å². The minimum absolute atomic E-state index is 0.436. The summed E-state index contributed by atoms with van der Waals surface area (Å²) in [6.45, 7) is 0.939. The Morgan fingerprint density at radius 1 is 0.962 bits per heavy atom. The molecule has 4 rings (SSSR count). The van der Waals surface area contributed by atoms with Crippen molar-refractivity contribution in [2.45, 2.75) is 12.6 Å². The molecule has 0 aliphatic rings. The maximum absolute atomic E-state index is 10.6. The van der Waals surface area contributed by atoms with Crippen molar-refractivity contribution in [1.29, 1.82) is 0 Å². The van der Waals surface area contributed by atoms with E-state index in [4.69, 9.17) is 0 Å². The van der Waals surface area contributed by atoms with Crippen LogP contribution < -0.4 is 5.32 Å². The van der Waals surface area contributed by atoms with Crippen molar-refractivity contribution in [2.24, 2.45) is 0 Å². The molecule has 0 aliphatic heterocycles. The second-order valence-electron chi connectivity index (χ2n) is 6.18. The molecule has 2 N–H and O–H groups in total. The van der Waals surface area contributed by atoms with E-state index in [1.807, 2.05) is 30.3 Å². The van der Waals surface area contributed by atoms with Gasteiger partial charge in [0, 0.05) is 43.5 Å². The molecule has 0 saturated carbocycles. The molecule has 0 amide bonds. The predicted molar refractivity (Wildman–Crippen MR) is 114 cm³/mol. The zero-order valence-electron chi connectivity index (χ0n) is 13.9. The number of fused-ring (bicyclic) bond motifs is 3. The highest BCUT2D eigenvalue weighted by molar-refractivity contribution is 9.10. The van der Waals surface area contributed by atoms with Crippen LogP contribution in [0.3, 0.4) is 0 Å². The first-order valence-electron chi connectivity index (χ1n) is 8.32. The van der Waals surface area contributed by atoms with E-state index >= 15 is 0 Å². The summed E-state index contributed by atoms with van der Waals surface area (Å²) in [5.41, 5.74) is 2.22. The van der Waals surface area contributed by atoms with Crippen LogP contribution in [0.4, 0.5) is 5.82 Å². The highest BCUT2D eigenvalue weighted by Crippen LogP contribution is 2.33. The Kier molecular flexibility index (Phi) is 4.98. The van der Waals surface area contributed by atoms with Crippen molar-refractivity contribution in [2.75, 3.05) is 11.9 Å². The van der Waals surface area contributed by atoms with E-state index in [9.17, 15) is 5.11 Å². The largest absolute Gasteiger partial charge is 0.389 e. The zero-order valence-corrected chi connectivity index (χ0v) is 17.0. The first-order chi connectivity index (χ1) is 12.6. The quantitative estimate of drug-likeness (QED) is 0.418. The van der Waals surface area contributed by atoms with Crippen LogP contribution >= 0.6 is 31.9 Å². The number of hydrogen-bond donors (Lipinski definition) is 2. The SMILES string of the molecule is OC(CNc1ccccn1)Cn1c2ccc(Br)cc2c2cc(Br)ccc21. The number of benzene rings is 2. The molecule has 2 heterocycles. The number of pyridine rings is 1. The fourth-order valence-electron chi connectivity index (χ4n) is 3.21. The maximum Gasteiger partial charge on any atom is 0.125 e. The number of nitrogens with one attached hydrogen (secondary N) is 1. The van der Waals surface area contributed by atoms with Crippen molar-refractivity contribution >= 4 is 59.5 Å². The lowest BCUT2D eigenvalue weighted by Crippen LogP contribution is -2.25. The Morgan fingerprint density at radius 2 is 1.62 bits per heavy atom. The van der Waals surface area contributed by atoms with E-state index in [2.05, 4.69) is 71.0 Å². The van der Waals surface area contributed by atoms with Gasteiger partial charge in [-0.15, -0.1) is 0 Å². The molecule has 0 aliphatic carbocycles. The molecule has 0 saturated heterocycles. The fraction of sp³-hybridized carbons (Fsp3) is 0.150. The molecule has 26 heavy (non-hydrogen) atoms. The lowest BCUT2D eigenvalue weighted by atomic mass is 10.2. The van der Waals surface area contributed by atoms with E-state index in [1.54, 1.807) is 6.20 Å². The minimum atomic E-state index is -0.539. The number of hydrogen-bond acceptors (Lipinski definition) is 3. The van der Waals surface area contributed by atoms with Crippen LogP contribution in [0.25, 0.3) is 21.8 Å². The summed E-state index contributed by atoms with van der Waals surface area (Å²) >= 11 is 7.12. The first-order valence-corrected chi connectivity index (χ1v) is 9.90. The predicted octanol–water partition coefficient (Wildman–Crippen LogP) is 5.19. The van der Waals surface area contributed by atoms with Gasteiger partial charge in [-0.05, 0) is 48.5 Å². The summed E-state index contributed by atoms with van der Waals surface area (Å²) in [5.74, 6) is 0.765. The van der Waals surface area contributed by atoms with Crippen LogP contribution in [-0.4, -0.2) is 27.3 Å². The van der Waals surface area contributed by atoms with Gasteiger partial charge in [0.2, 0.25) is 0 Å². The van der Waals surface area contributed by atoms with Gasteiger partial charge in [-0.2, -0.15) is 0 Å². The minimum Gasteiger partial charge on any atom is -0.389 e. The van der Waals surface area contributed by atoms with Crippen LogP contribution in [0.1, 0.15) is 0 Å². The fourth-order valence-corrected chi connectivity index (χ4v) is 3.93. The van der Waals surface area contributed by atoms with Crippen molar-refractivity contribution in [1.82, 2.24) is 9.55 Å². The molecule has 1 unspecified atom stereocenters. The van der Waals surface area contributed by atoms with Gasteiger partial charge < -0.3 is 15.0 Å². The molecule has 2 aromatic carbocycles. The molecular formula is C20H17Br2N3O. The highest BCUT2D eigenvalue weighted by atomic mass is 79.9. The number of aliphatic hydroxyl groups excluding tert-OH is 1. The van der Waals surface area contributed by atoms with Crippen LogP contribution in [0.15, 0.2) is 69.7 Å². The normalized spacial score (nSPS) is 12.6. The Labute approximate surface area is 168 Å². The van der Waals surface area contributed by atoms with Gasteiger partial charge in [-0.3, -0.25) is 0 Å². The maximum atomic E-state index is 10.6. The number of aliphatic hydroxyl groups is 1. The summed E-state index contributed by atoms with van der Waals surface area (Å²) in [5, 5.41) is 16.1. The topological polar surface area (TPSA) is 50.1 Å². The third-order valence-corrected chi connectivity index (χ3v) is 5.35. The van der Waals surface area contributed by atoms with Crippen molar-refractivity contribution in [3.05, 3.63) is 69.7 Å². The van der Waals surface area contributed by atoms with Crippen molar-refractivity contribution < 1.29 is 5.11 Å². The van der Waals surface area contributed by atoms with Crippen molar-refractivity contribution in [3.63, 3.8) is 0 Å². The summed E-state index contributed by atoms with van der Waals surface area (Å²) in [4.78, 5) is 4.23. The Bertz CT molecular complexity index is 1000. The Hall–Kier alpha value is -1.89. The second-order valence-corrected chi connectivity index (χ2v) is 8.01. The second kappa shape index (κ2) is 7.39. The molecule has 4 aromatic rings. The summed E-state index contributed by atoms with van der Waals surface area (Å²) in [6.07, 6.45) is 1.19. The number of anilines is 1. The number of halogens is 2. The highest BCUT2D eigenvalue weighted by Gasteiger charge is 2.14. The standard InChI is InChI=1S/C20H17Br2N3O/c21-13-4-6-18-16(9-13)17-10-14(22)5-7-19(17)25(18)12-15(26)11-24-20-3-1-2-8-23-20/h1-10,15,26H,11-12H2,(H,23,24). The van der Waals surface area contributed by atoms with Gasteiger partial charge in [0.25, 0.3) is 0 Å². The third-order valence-electron chi connectivity index (χ3n) is 4.37. The average molecular weight is 475 g/mol. The molecule has 0 bridgehead atoms. The zero-order chi connectivity index (χ0) is 18.1. The van der Waals surface area contributed by atoms with Gasteiger partial charge in [-0.1, -0.05) is 37.9 Å². The molecule has 6 heteroatoms. The molecule has 4 nitrogen and oxygen atoms in total. The van der Waals surface area contributed by atoms with Crippen LogP contribution in [-0.2, 0) is 6.54 Å². The summed E-state index contributed by atoms with van der Waals surface area (Å²) in [6, 6.07) is 18.2. The Balaban J connectivity index is 1.66. The molecule has 0 spiro atoms. The molecule has 2 aromatic heterocycles. The molecule has 0 fully saturated rings. The van der Waals surface area contributed by atoms with Gasteiger partial charge in [0.15, 0.2) is 0 Å². The van der Waals surface area contributed by atoms with Gasteiger partial charge in [-0.25, -0.2) is 4.98 Å². The van der Waals surface area contributed by atoms with E-state index < -0.39 is 6.10 Å². The smallest absolute Gasteiger partial charge is 0.125 e. The van der Waals surface area contributed by atoms with Gasteiger partial charge in [0.05, 0.1) is 12.6 Å². The summed E-state index contributed by atoms with van der Waals surface area (Å²) < 4.78 is 4.26. The van der Waals surface area contributed by atoms with Crippen LogP contribution in [0.5, 0.6) is 0 Å². The first kappa shape index (κ1) is 17.5. The van der Waals surface area contributed by atoms with E-state index in [0.29, 0.717) is 13.1 Å². The van der Waals surface area contributed by atoms with E-state index in [-0.39, 0.29) is 0 Å². The van der Waals surface area contributed by atoms with Crippen molar-refractivity contribution in [3.8, 4) is 0 Å². The lowest BCUT2D eigenvalue weighted by Gasteiger charge is -2.15. The number of rotatable bonds is 5. The molecular weight excluding hydrogens is 458 g/mol. The lowest BCUT2D eigenvalue weighted by molar-refractivity contribution is 0.169. The molecule has 1 atom stereocenters. The van der Waals surface area contributed by atoms with E-state index in [1.165, 1.54) is 10.8 Å². The third kappa shape index (κ3) is 3.49. The van der Waals surface area contributed by atoms with Crippen LogP contribution in [0, 0.1) is 0 Å². The van der Waals surface area contributed by atoms with Crippen LogP contribution in [0.2, 0.25) is 0 Å².